The molecule has 3 heteroatoms. The monoisotopic (exact) mass is 260 g/mol. The Labute approximate surface area is 115 Å². The van der Waals surface area contributed by atoms with Gasteiger partial charge in [0.2, 0.25) is 0 Å². The van der Waals surface area contributed by atoms with Crippen molar-refractivity contribution in [3.63, 3.8) is 0 Å². The highest BCUT2D eigenvalue weighted by atomic mass is 16.3. The number of hydrogen-bond acceptors (Lipinski definition) is 3. The van der Waals surface area contributed by atoms with Crippen molar-refractivity contribution in [2.75, 3.05) is 23.7 Å². The summed E-state index contributed by atoms with van der Waals surface area (Å²) in [4.78, 5) is 2.33. The van der Waals surface area contributed by atoms with E-state index in [1.165, 1.54) is 37.7 Å². The molecule has 0 aromatic heterocycles. The largest absolute Gasteiger partial charge is 0.505 e. The predicted octanol–water partition coefficient (Wildman–Crippen LogP) is 3.15. The third kappa shape index (κ3) is 2.05. The fourth-order valence-electron chi connectivity index (χ4n) is 3.64. The number of phenolic OH excluding ortho intramolecular Hbond substituents is 1. The molecule has 19 heavy (non-hydrogen) atoms. The number of nitrogen functional groups attached to an aromatic ring is 1. The SMILES string of the molecule is Cc1c(N)c2c(c(O)c1N1CCCCC1)CCCC2. The first-order valence-corrected chi connectivity index (χ1v) is 7.58. The lowest BCUT2D eigenvalue weighted by atomic mass is 9.86. The van der Waals surface area contributed by atoms with E-state index in [9.17, 15) is 5.11 Å². The number of nitrogens with two attached hydrogens (primary N) is 1. The highest BCUT2D eigenvalue weighted by Gasteiger charge is 2.25. The normalized spacial score (nSPS) is 19.3. The molecule has 104 valence electrons. The average molecular weight is 260 g/mol. The maximum absolute atomic E-state index is 10.7. The van der Waals surface area contributed by atoms with E-state index in [0.29, 0.717) is 5.75 Å². The second kappa shape index (κ2) is 4.95. The molecule has 0 saturated carbocycles. The van der Waals surface area contributed by atoms with E-state index in [1.54, 1.807) is 0 Å². The number of phenols is 1. The topological polar surface area (TPSA) is 49.5 Å². The van der Waals surface area contributed by atoms with Crippen LogP contribution >= 0.6 is 0 Å². The highest BCUT2D eigenvalue weighted by Crippen LogP contribution is 2.44. The Kier molecular flexibility index (Phi) is 3.29. The number of benzene rings is 1. The summed E-state index contributed by atoms with van der Waals surface area (Å²) in [7, 11) is 0. The van der Waals surface area contributed by atoms with Crippen LogP contribution in [0.25, 0.3) is 0 Å². The summed E-state index contributed by atoms with van der Waals surface area (Å²) in [6, 6.07) is 0. The zero-order valence-corrected chi connectivity index (χ0v) is 11.8. The van der Waals surface area contributed by atoms with Gasteiger partial charge in [-0.3, -0.25) is 0 Å². The van der Waals surface area contributed by atoms with E-state index in [2.05, 4.69) is 11.8 Å². The van der Waals surface area contributed by atoms with Crippen molar-refractivity contribution >= 4 is 11.4 Å². The molecule has 1 aromatic carbocycles. The molecule has 0 amide bonds. The first-order valence-electron chi connectivity index (χ1n) is 7.58. The molecule has 1 aliphatic heterocycles. The predicted molar refractivity (Wildman–Crippen MR) is 80.0 cm³/mol. The molecule has 0 bridgehead atoms. The van der Waals surface area contributed by atoms with Crippen LogP contribution in [0.5, 0.6) is 5.75 Å². The molecule has 0 unspecified atom stereocenters. The van der Waals surface area contributed by atoms with Crippen LogP contribution in [0.3, 0.4) is 0 Å². The zero-order valence-electron chi connectivity index (χ0n) is 11.8. The number of nitrogens with zero attached hydrogens (tertiary/aromatic N) is 1. The summed E-state index contributed by atoms with van der Waals surface area (Å²) in [5.41, 5.74) is 11.7. The molecule has 1 aliphatic carbocycles. The van der Waals surface area contributed by atoms with Crippen molar-refractivity contribution in [3.05, 3.63) is 16.7 Å². The number of hydrogen-bond donors (Lipinski definition) is 2. The van der Waals surface area contributed by atoms with Gasteiger partial charge in [0.05, 0.1) is 5.69 Å². The van der Waals surface area contributed by atoms with E-state index >= 15 is 0 Å². The smallest absolute Gasteiger partial charge is 0.142 e. The molecule has 1 fully saturated rings. The van der Waals surface area contributed by atoms with Crippen LogP contribution in [-0.4, -0.2) is 18.2 Å². The number of anilines is 2. The van der Waals surface area contributed by atoms with Gasteiger partial charge in [0.15, 0.2) is 0 Å². The first-order chi connectivity index (χ1) is 9.20. The van der Waals surface area contributed by atoms with Crippen LogP contribution in [0.1, 0.15) is 48.8 Å². The van der Waals surface area contributed by atoms with Gasteiger partial charge in [0.1, 0.15) is 5.75 Å². The lowest BCUT2D eigenvalue weighted by Crippen LogP contribution is -2.30. The fraction of sp³-hybridized carbons (Fsp3) is 0.625. The van der Waals surface area contributed by atoms with Crippen molar-refractivity contribution in [2.45, 2.75) is 51.9 Å². The summed E-state index contributed by atoms with van der Waals surface area (Å²) in [6.45, 7) is 4.16. The lowest BCUT2D eigenvalue weighted by Gasteiger charge is -2.33. The molecule has 1 heterocycles. The maximum Gasteiger partial charge on any atom is 0.142 e. The Bertz CT molecular complexity index is 490. The molecule has 3 nitrogen and oxygen atoms in total. The van der Waals surface area contributed by atoms with Gasteiger partial charge in [-0.2, -0.15) is 0 Å². The average Bonchev–Trinajstić information content (AvgIpc) is 2.46. The van der Waals surface area contributed by atoms with Gasteiger partial charge < -0.3 is 15.7 Å². The third-order valence-electron chi connectivity index (χ3n) is 4.73. The molecule has 3 N–H and O–H groups in total. The molecular formula is C16H24N2O. The van der Waals surface area contributed by atoms with Crippen molar-refractivity contribution in [2.24, 2.45) is 0 Å². The van der Waals surface area contributed by atoms with Gasteiger partial charge in [0.25, 0.3) is 0 Å². The van der Waals surface area contributed by atoms with E-state index in [1.807, 2.05) is 0 Å². The van der Waals surface area contributed by atoms with E-state index in [-0.39, 0.29) is 0 Å². The Morgan fingerprint density at radius 3 is 2.26 bits per heavy atom. The van der Waals surface area contributed by atoms with Gasteiger partial charge in [-0.05, 0) is 63.0 Å². The summed E-state index contributed by atoms with van der Waals surface area (Å²) in [5, 5.41) is 10.7. The highest BCUT2D eigenvalue weighted by molar-refractivity contribution is 5.77. The van der Waals surface area contributed by atoms with E-state index in [0.717, 1.165) is 48.4 Å². The van der Waals surface area contributed by atoms with E-state index in [4.69, 9.17) is 5.73 Å². The number of aromatic hydroxyl groups is 1. The van der Waals surface area contributed by atoms with Crippen LogP contribution in [-0.2, 0) is 12.8 Å². The quantitative estimate of drug-likeness (QED) is 0.602. The number of piperidine rings is 1. The third-order valence-corrected chi connectivity index (χ3v) is 4.73. The van der Waals surface area contributed by atoms with Crippen LogP contribution in [0.2, 0.25) is 0 Å². The van der Waals surface area contributed by atoms with Crippen molar-refractivity contribution in [1.82, 2.24) is 0 Å². The second-order valence-corrected chi connectivity index (χ2v) is 5.95. The Morgan fingerprint density at radius 2 is 1.58 bits per heavy atom. The Morgan fingerprint density at radius 1 is 0.947 bits per heavy atom. The van der Waals surface area contributed by atoms with Crippen molar-refractivity contribution < 1.29 is 5.11 Å². The van der Waals surface area contributed by atoms with Gasteiger partial charge in [0, 0.05) is 24.3 Å². The van der Waals surface area contributed by atoms with Gasteiger partial charge in [-0.25, -0.2) is 0 Å². The van der Waals surface area contributed by atoms with Gasteiger partial charge >= 0.3 is 0 Å². The van der Waals surface area contributed by atoms with Gasteiger partial charge in [-0.15, -0.1) is 0 Å². The summed E-state index contributed by atoms with van der Waals surface area (Å²) in [5.74, 6) is 0.517. The summed E-state index contributed by atoms with van der Waals surface area (Å²) >= 11 is 0. The van der Waals surface area contributed by atoms with Crippen LogP contribution in [0.4, 0.5) is 11.4 Å². The Balaban J connectivity index is 2.10. The van der Waals surface area contributed by atoms with Crippen LogP contribution in [0.15, 0.2) is 0 Å². The summed E-state index contributed by atoms with van der Waals surface area (Å²) < 4.78 is 0. The summed E-state index contributed by atoms with van der Waals surface area (Å²) in [6.07, 6.45) is 8.10. The Hall–Kier alpha value is -1.38. The molecule has 0 atom stereocenters. The second-order valence-electron chi connectivity index (χ2n) is 5.95. The van der Waals surface area contributed by atoms with Crippen LogP contribution in [0, 0.1) is 6.92 Å². The lowest BCUT2D eigenvalue weighted by molar-refractivity contribution is 0.456. The molecular weight excluding hydrogens is 236 g/mol. The molecule has 1 aromatic rings. The fourth-order valence-corrected chi connectivity index (χ4v) is 3.64. The molecule has 0 radical (unpaired) electrons. The zero-order chi connectivity index (χ0) is 13.4. The molecule has 2 aliphatic rings. The molecule has 0 spiro atoms. The standard InChI is InChI=1S/C16H24N2O/c1-11-14(17)12-7-3-4-8-13(12)16(19)15(11)18-9-5-2-6-10-18/h19H,2-10,17H2,1H3. The number of fused-ring (bicyclic) bond motifs is 1. The minimum atomic E-state index is 0.517. The minimum absolute atomic E-state index is 0.517. The molecule has 1 saturated heterocycles. The minimum Gasteiger partial charge on any atom is -0.505 e. The van der Waals surface area contributed by atoms with Crippen LogP contribution < -0.4 is 10.6 Å². The van der Waals surface area contributed by atoms with Crippen molar-refractivity contribution in [3.8, 4) is 5.75 Å². The molecule has 3 rings (SSSR count). The van der Waals surface area contributed by atoms with E-state index < -0.39 is 0 Å². The van der Waals surface area contributed by atoms with Gasteiger partial charge in [-0.1, -0.05) is 0 Å². The maximum atomic E-state index is 10.7. The number of rotatable bonds is 1. The first kappa shape index (κ1) is 12.6. The van der Waals surface area contributed by atoms with Crippen molar-refractivity contribution in [1.29, 1.82) is 0 Å².